The molecule has 1 saturated heterocycles. The van der Waals surface area contributed by atoms with Crippen LogP contribution in [-0.2, 0) is 25.6 Å². The van der Waals surface area contributed by atoms with Gasteiger partial charge in [0, 0.05) is 18.5 Å². The summed E-state index contributed by atoms with van der Waals surface area (Å²) in [4.78, 5) is 24.4. The van der Waals surface area contributed by atoms with Crippen LogP contribution in [0.2, 0.25) is 0 Å². The highest BCUT2D eigenvalue weighted by molar-refractivity contribution is 5.82. The second-order valence-electron chi connectivity index (χ2n) is 8.11. The van der Waals surface area contributed by atoms with E-state index in [1.807, 2.05) is 13.8 Å². The van der Waals surface area contributed by atoms with E-state index in [4.69, 9.17) is 9.47 Å². The van der Waals surface area contributed by atoms with Gasteiger partial charge in [0.05, 0.1) is 6.61 Å². The zero-order chi connectivity index (χ0) is 20.9. The lowest BCUT2D eigenvalue weighted by molar-refractivity contribution is -0.304. The lowest BCUT2D eigenvalue weighted by Gasteiger charge is -2.44. The molecule has 1 aliphatic rings. The van der Waals surface area contributed by atoms with Gasteiger partial charge < -0.3 is 25.2 Å². The number of amides is 2. The molecule has 0 aliphatic carbocycles. The minimum atomic E-state index is -1.26. The van der Waals surface area contributed by atoms with Crippen LogP contribution in [-0.4, -0.2) is 48.1 Å². The topological polar surface area (TPSA) is 96.9 Å². The third-order valence-corrected chi connectivity index (χ3v) is 4.54. The molecule has 1 unspecified atom stereocenters. The lowest BCUT2D eigenvalue weighted by Crippen LogP contribution is -2.56. The predicted octanol–water partition coefficient (Wildman–Crippen LogP) is 1.49. The Hall–Kier alpha value is -2.03. The van der Waals surface area contributed by atoms with Gasteiger partial charge in [0.25, 0.3) is 0 Å². The van der Waals surface area contributed by atoms with Crippen LogP contribution in [0.4, 0.5) is 4.39 Å². The van der Waals surface area contributed by atoms with Crippen LogP contribution in [0.3, 0.4) is 0 Å². The number of rotatable bonds is 7. The number of benzene rings is 1. The monoisotopic (exact) mass is 396 g/mol. The number of carbonyl (C=O) groups is 2. The molecule has 1 heterocycles. The van der Waals surface area contributed by atoms with Crippen molar-refractivity contribution < 1.29 is 28.6 Å². The zero-order valence-corrected chi connectivity index (χ0v) is 16.8. The maximum absolute atomic E-state index is 12.9. The molecule has 0 radical (unpaired) electrons. The van der Waals surface area contributed by atoms with Gasteiger partial charge in [-0.3, -0.25) is 9.59 Å². The first-order chi connectivity index (χ1) is 13.0. The third kappa shape index (κ3) is 6.25. The molecular weight excluding hydrogens is 367 g/mol. The Labute approximate surface area is 164 Å². The molecule has 7 nitrogen and oxygen atoms in total. The summed E-state index contributed by atoms with van der Waals surface area (Å²) in [6.07, 6.45) is -1.89. The molecule has 156 valence electrons. The Kier molecular flexibility index (Phi) is 7.14. The Bertz CT molecular complexity index is 690. The molecule has 2 atom stereocenters. The molecule has 3 N–H and O–H groups in total. The van der Waals surface area contributed by atoms with E-state index in [9.17, 15) is 19.1 Å². The van der Waals surface area contributed by atoms with Crippen molar-refractivity contribution in [2.45, 2.75) is 58.7 Å². The maximum atomic E-state index is 12.9. The SMILES string of the molecule is CC1(C)OCC(C)(C)[C@H](C(=O)NCCC(O)C(=O)NCc2ccc(F)cc2)O1. The van der Waals surface area contributed by atoms with E-state index in [1.165, 1.54) is 12.1 Å². The van der Waals surface area contributed by atoms with Gasteiger partial charge in [-0.25, -0.2) is 4.39 Å². The molecule has 28 heavy (non-hydrogen) atoms. The van der Waals surface area contributed by atoms with E-state index in [1.54, 1.807) is 26.0 Å². The van der Waals surface area contributed by atoms with Crippen LogP contribution in [0.25, 0.3) is 0 Å². The molecule has 8 heteroatoms. The summed E-state index contributed by atoms with van der Waals surface area (Å²) in [5, 5.41) is 15.3. The van der Waals surface area contributed by atoms with E-state index in [0.717, 1.165) is 5.56 Å². The average Bonchev–Trinajstić information content (AvgIpc) is 2.63. The van der Waals surface area contributed by atoms with Crippen LogP contribution in [0.15, 0.2) is 24.3 Å². The van der Waals surface area contributed by atoms with Crippen LogP contribution in [0.5, 0.6) is 0 Å². The molecule has 1 aromatic carbocycles. The van der Waals surface area contributed by atoms with Gasteiger partial charge >= 0.3 is 0 Å². The normalized spacial score (nSPS) is 21.6. The standard InChI is InChI=1S/C20H29FN2O5/c1-19(2)12-27-20(3,4)28-16(19)18(26)22-10-9-15(24)17(25)23-11-13-5-7-14(21)8-6-13/h5-8,15-16,24H,9-12H2,1-4H3,(H,22,26)(H,23,25)/t15?,16-/m0/s1. The lowest BCUT2D eigenvalue weighted by atomic mass is 9.85. The molecule has 1 aromatic rings. The molecular formula is C20H29FN2O5. The van der Waals surface area contributed by atoms with Gasteiger partial charge in [-0.05, 0) is 38.0 Å². The highest BCUT2D eigenvalue weighted by Gasteiger charge is 2.45. The first-order valence-corrected chi connectivity index (χ1v) is 9.30. The van der Waals surface area contributed by atoms with E-state index in [-0.39, 0.29) is 31.2 Å². The number of ether oxygens (including phenoxy) is 2. The van der Waals surface area contributed by atoms with Crippen molar-refractivity contribution >= 4 is 11.8 Å². The minimum Gasteiger partial charge on any atom is -0.383 e. The Morgan fingerprint density at radius 3 is 2.50 bits per heavy atom. The zero-order valence-electron chi connectivity index (χ0n) is 16.8. The number of hydrogen-bond donors (Lipinski definition) is 3. The van der Waals surface area contributed by atoms with Gasteiger partial charge in [-0.1, -0.05) is 26.0 Å². The number of aliphatic hydroxyl groups is 1. The van der Waals surface area contributed by atoms with Crippen molar-refractivity contribution in [1.82, 2.24) is 10.6 Å². The molecule has 0 aromatic heterocycles. The maximum Gasteiger partial charge on any atom is 0.249 e. The van der Waals surface area contributed by atoms with Crippen LogP contribution < -0.4 is 10.6 Å². The quantitative estimate of drug-likeness (QED) is 0.649. The van der Waals surface area contributed by atoms with Crippen LogP contribution in [0.1, 0.15) is 39.7 Å². The van der Waals surface area contributed by atoms with E-state index in [0.29, 0.717) is 6.61 Å². The average molecular weight is 396 g/mol. The van der Waals surface area contributed by atoms with E-state index in [2.05, 4.69) is 10.6 Å². The first-order valence-electron chi connectivity index (χ1n) is 9.30. The minimum absolute atomic E-state index is 0.0635. The fraction of sp³-hybridized carbons (Fsp3) is 0.600. The van der Waals surface area contributed by atoms with Crippen molar-refractivity contribution in [3.05, 3.63) is 35.6 Å². The molecule has 1 aliphatic heterocycles. The van der Waals surface area contributed by atoms with Gasteiger partial charge in [0.15, 0.2) is 5.79 Å². The van der Waals surface area contributed by atoms with Crippen molar-refractivity contribution in [2.24, 2.45) is 5.41 Å². The molecule has 2 rings (SSSR count). The van der Waals surface area contributed by atoms with Crippen LogP contribution >= 0.6 is 0 Å². The number of carbonyl (C=O) groups excluding carboxylic acids is 2. The molecule has 0 spiro atoms. The summed E-state index contributed by atoms with van der Waals surface area (Å²) in [6, 6.07) is 5.71. The van der Waals surface area contributed by atoms with Crippen molar-refractivity contribution in [3.8, 4) is 0 Å². The Balaban J connectivity index is 1.75. The number of nitrogens with one attached hydrogen (secondary N) is 2. The van der Waals surface area contributed by atoms with E-state index < -0.39 is 29.3 Å². The number of aliphatic hydroxyl groups excluding tert-OH is 1. The highest BCUT2D eigenvalue weighted by atomic mass is 19.1. The van der Waals surface area contributed by atoms with E-state index >= 15 is 0 Å². The second-order valence-corrected chi connectivity index (χ2v) is 8.11. The van der Waals surface area contributed by atoms with Gasteiger partial charge in [-0.2, -0.15) is 0 Å². The fourth-order valence-corrected chi connectivity index (χ4v) is 2.79. The summed E-state index contributed by atoms with van der Waals surface area (Å²) in [5.74, 6) is -2.06. The number of halogens is 1. The van der Waals surface area contributed by atoms with Crippen molar-refractivity contribution in [1.29, 1.82) is 0 Å². The van der Waals surface area contributed by atoms with Crippen LogP contribution in [0, 0.1) is 11.2 Å². The smallest absolute Gasteiger partial charge is 0.249 e. The van der Waals surface area contributed by atoms with Crippen molar-refractivity contribution in [2.75, 3.05) is 13.2 Å². The van der Waals surface area contributed by atoms with Gasteiger partial charge in [-0.15, -0.1) is 0 Å². The highest BCUT2D eigenvalue weighted by Crippen LogP contribution is 2.34. The predicted molar refractivity (Wildman–Crippen MR) is 101 cm³/mol. The number of hydrogen-bond acceptors (Lipinski definition) is 5. The largest absolute Gasteiger partial charge is 0.383 e. The Morgan fingerprint density at radius 1 is 1.21 bits per heavy atom. The van der Waals surface area contributed by atoms with Gasteiger partial charge in [0.2, 0.25) is 11.8 Å². The van der Waals surface area contributed by atoms with Gasteiger partial charge in [0.1, 0.15) is 18.0 Å². The molecule has 0 saturated carbocycles. The summed E-state index contributed by atoms with van der Waals surface area (Å²) in [5.41, 5.74) is 0.224. The second kappa shape index (κ2) is 8.98. The summed E-state index contributed by atoms with van der Waals surface area (Å²) >= 11 is 0. The molecule has 0 bridgehead atoms. The van der Waals surface area contributed by atoms with Crippen molar-refractivity contribution in [3.63, 3.8) is 0 Å². The summed E-state index contributed by atoms with van der Waals surface area (Å²) < 4.78 is 24.2. The summed E-state index contributed by atoms with van der Waals surface area (Å²) in [7, 11) is 0. The Morgan fingerprint density at radius 2 is 1.86 bits per heavy atom. The fourth-order valence-electron chi connectivity index (χ4n) is 2.79. The molecule has 1 fully saturated rings. The molecule has 2 amide bonds. The summed E-state index contributed by atoms with van der Waals surface area (Å²) in [6.45, 7) is 7.94. The third-order valence-electron chi connectivity index (χ3n) is 4.54. The first kappa shape index (κ1) is 22.3.